The third-order valence-electron chi connectivity index (χ3n) is 3.48. The summed E-state index contributed by atoms with van der Waals surface area (Å²) in [6.45, 7) is 2.16. The zero-order chi connectivity index (χ0) is 18.3. The fraction of sp³-hybridized carbons (Fsp3) is 0.278. The summed E-state index contributed by atoms with van der Waals surface area (Å²) in [6.07, 6.45) is 0.525. The van der Waals surface area contributed by atoms with Crippen molar-refractivity contribution in [2.24, 2.45) is 0 Å². The summed E-state index contributed by atoms with van der Waals surface area (Å²) in [5.41, 5.74) is 1.71. The monoisotopic (exact) mass is 362 g/mol. The molecule has 0 bridgehead atoms. The maximum absolute atomic E-state index is 12.3. The van der Waals surface area contributed by atoms with Gasteiger partial charge >= 0.3 is 0 Å². The van der Waals surface area contributed by atoms with Crippen molar-refractivity contribution in [3.63, 3.8) is 0 Å². The second kappa shape index (κ2) is 8.53. The summed E-state index contributed by atoms with van der Waals surface area (Å²) in [7, 11) is -1.79. The molecular weight excluding hydrogens is 340 g/mol. The Balaban J connectivity index is 2.00. The van der Waals surface area contributed by atoms with Crippen LogP contribution in [-0.4, -0.2) is 27.2 Å². The number of ether oxygens (including phenoxy) is 1. The van der Waals surface area contributed by atoms with Crippen LogP contribution in [0.1, 0.15) is 29.3 Å². The number of benzene rings is 2. The zero-order valence-electron chi connectivity index (χ0n) is 14.3. The quantitative estimate of drug-likeness (QED) is 0.756. The molecule has 1 amide bonds. The lowest BCUT2D eigenvalue weighted by molar-refractivity contribution is 0.0951. The molecule has 0 atom stereocenters. The Morgan fingerprint density at radius 2 is 1.84 bits per heavy atom. The number of anilines is 1. The van der Waals surface area contributed by atoms with Crippen LogP contribution in [0.5, 0.6) is 5.75 Å². The third-order valence-corrected chi connectivity index (χ3v) is 4.98. The van der Waals surface area contributed by atoms with Crippen LogP contribution in [0.2, 0.25) is 0 Å². The van der Waals surface area contributed by atoms with E-state index in [2.05, 4.69) is 10.0 Å². The minimum absolute atomic E-state index is 0.0426. The number of hydrogen-bond donors (Lipinski definition) is 2. The molecule has 2 rings (SSSR count). The van der Waals surface area contributed by atoms with Gasteiger partial charge in [0.25, 0.3) is 5.91 Å². The van der Waals surface area contributed by atoms with E-state index >= 15 is 0 Å². The van der Waals surface area contributed by atoms with Crippen LogP contribution in [0.25, 0.3) is 0 Å². The molecule has 0 unspecified atom stereocenters. The van der Waals surface area contributed by atoms with Gasteiger partial charge in [-0.05, 0) is 42.3 Å². The van der Waals surface area contributed by atoms with Crippen molar-refractivity contribution in [1.29, 1.82) is 0 Å². The van der Waals surface area contributed by atoms with E-state index in [-0.39, 0.29) is 11.7 Å². The number of nitrogens with one attached hydrogen (secondary N) is 2. The number of amides is 1. The average molecular weight is 362 g/mol. The van der Waals surface area contributed by atoms with Gasteiger partial charge < -0.3 is 10.1 Å². The van der Waals surface area contributed by atoms with Crippen LogP contribution in [0.15, 0.2) is 48.5 Å². The van der Waals surface area contributed by atoms with Crippen molar-refractivity contribution in [3.8, 4) is 5.75 Å². The molecular formula is C18H22N2O4S. The summed E-state index contributed by atoms with van der Waals surface area (Å²) in [4.78, 5) is 12.3. The maximum atomic E-state index is 12.3. The smallest absolute Gasteiger partial charge is 0.251 e. The molecule has 2 aromatic carbocycles. The van der Waals surface area contributed by atoms with Crippen molar-refractivity contribution >= 4 is 21.6 Å². The Hall–Kier alpha value is -2.54. The second-order valence-electron chi connectivity index (χ2n) is 5.53. The van der Waals surface area contributed by atoms with Crippen molar-refractivity contribution in [2.75, 3.05) is 17.6 Å². The molecule has 2 aromatic rings. The highest BCUT2D eigenvalue weighted by molar-refractivity contribution is 7.92. The summed E-state index contributed by atoms with van der Waals surface area (Å²) >= 11 is 0. The number of methoxy groups -OCH3 is 1. The highest BCUT2D eigenvalue weighted by atomic mass is 32.2. The minimum Gasteiger partial charge on any atom is -0.497 e. The van der Waals surface area contributed by atoms with Gasteiger partial charge in [0, 0.05) is 17.8 Å². The number of carbonyl (C=O) groups excluding carboxylic acids is 1. The van der Waals surface area contributed by atoms with Crippen molar-refractivity contribution in [2.45, 2.75) is 19.9 Å². The molecule has 25 heavy (non-hydrogen) atoms. The molecule has 0 heterocycles. The van der Waals surface area contributed by atoms with Crippen molar-refractivity contribution < 1.29 is 17.9 Å². The molecule has 0 fully saturated rings. The third kappa shape index (κ3) is 5.79. The fourth-order valence-electron chi connectivity index (χ4n) is 2.25. The molecule has 6 nitrogen and oxygen atoms in total. The molecule has 2 N–H and O–H groups in total. The largest absolute Gasteiger partial charge is 0.497 e. The van der Waals surface area contributed by atoms with E-state index in [0.717, 1.165) is 11.3 Å². The van der Waals surface area contributed by atoms with E-state index < -0.39 is 10.0 Å². The summed E-state index contributed by atoms with van der Waals surface area (Å²) in [6, 6.07) is 13.8. The highest BCUT2D eigenvalue weighted by Gasteiger charge is 2.11. The number of rotatable bonds is 8. The van der Waals surface area contributed by atoms with Gasteiger partial charge in [-0.2, -0.15) is 0 Å². The molecule has 0 saturated carbocycles. The number of carbonyl (C=O) groups is 1. The second-order valence-corrected chi connectivity index (χ2v) is 7.37. The summed E-state index contributed by atoms with van der Waals surface area (Å²) in [5, 5.41) is 2.81. The lowest BCUT2D eigenvalue weighted by Gasteiger charge is -2.10. The average Bonchev–Trinajstić information content (AvgIpc) is 2.59. The molecule has 134 valence electrons. The van der Waals surface area contributed by atoms with Crippen LogP contribution < -0.4 is 14.8 Å². The van der Waals surface area contributed by atoms with Crippen molar-refractivity contribution in [1.82, 2.24) is 5.32 Å². The lowest BCUT2D eigenvalue weighted by Crippen LogP contribution is -2.23. The SMILES string of the molecule is CCCS(=O)(=O)Nc1cccc(C(=O)NCc2ccc(OC)cc2)c1. The van der Waals surface area contributed by atoms with Gasteiger partial charge in [-0.25, -0.2) is 8.42 Å². The van der Waals surface area contributed by atoms with E-state index in [0.29, 0.717) is 24.2 Å². The van der Waals surface area contributed by atoms with E-state index in [1.807, 2.05) is 24.3 Å². The molecule has 7 heteroatoms. The minimum atomic E-state index is -3.38. The van der Waals surface area contributed by atoms with Gasteiger partial charge in [-0.15, -0.1) is 0 Å². The van der Waals surface area contributed by atoms with Gasteiger partial charge in [0.2, 0.25) is 10.0 Å². The van der Waals surface area contributed by atoms with Crippen LogP contribution in [0.4, 0.5) is 5.69 Å². The topological polar surface area (TPSA) is 84.5 Å². The first-order valence-electron chi connectivity index (χ1n) is 7.95. The molecule has 0 aromatic heterocycles. The molecule has 0 aliphatic heterocycles. The Labute approximate surface area is 148 Å². The van der Waals surface area contributed by atoms with Crippen LogP contribution in [-0.2, 0) is 16.6 Å². The van der Waals surface area contributed by atoms with Gasteiger partial charge in [-0.1, -0.05) is 25.1 Å². The molecule has 0 radical (unpaired) electrons. The van der Waals surface area contributed by atoms with Crippen LogP contribution in [0.3, 0.4) is 0 Å². The molecule has 0 aliphatic carbocycles. The van der Waals surface area contributed by atoms with Crippen LogP contribution in [0, 0.1) is 0 Å². The predicted molar refractivity (Wildman–Crippen MR) is 98.3 cm³/mol. The van der Waals surface area contributed by atoms with Gasteiger partial charge in [0.1, 0.15) is 5.75 Å². The normalized spacial score (nSPS) is 11.0. The maximum Gasteiger partial charge on any atom is 0.251 e. The number of hydrogen-bond acceptors (Lipinski definition) is 4. The molecule has 0 spiro atoms. The summed E-state index contributed by atoms with van der Waals surface area (Å²) < 4.78 is 31.2. The van der Waals surface area contributed by atoms with Gasteiger partial charge in [-0.3, -0.25) is 9.52 Å². The Kier molecular flexibility index (Phi) is 6.41. The predicted octanol–water partition coefficient (Wildman–Crippen LogP) is 2.78. The lowest BCUT2D eigenvalue weighted by atomic mass is 10.1. The van der Waals surface area contributed by atoms with E-state index in [1.54, 1.807) is 32.2 Å². The fourth-order valence-corrected chi connectivity index (χ4v) is 3.38. The van der Waals surface area contributed by atoms with E-state index in [9.17, 15) is 13.2 Å². The first-order valence-corrected chi connectivity index (χ1v) is 9.60. The first-order chi connectivity index (χ1) is 11.9. The Morgan fingerprint density at radius 3 is 2.48 bits per heavy atom. The van der Waals surface area contributed by atoms with Crippen molar-refractivity contribution in [3.05, 3.63) is 59.7 Å². The Morgan fingerprint density at radius 1 is 1.12 bits per heavy atom. The zero-order valence-corrected chi connectivity index (χ0v) is 15.1. The first kappa shape index (κ1) is 18.8. The van der Waals surface area contributed by atoms with Gasteiger partial charge in [0.15, 0.2) is 0 Å². The Bertz CT molecular complexity index is 817. The van der Waals surface area contributed by atoms with Crippen LogP contribution >= 0.6 is 0 Å². The molecule has 0 saturated heterocycles. The summed E-state index contributed by atoms with van der Waals surface area (Å²) in [5.74, 6) is 0.524. The standard InChI is InChI=1S/C18H22N2O4S/c1-3-11-25(22,23)20-16-6-4-5-15(12-16)18(21)19-13-14-7-9-17(24-2)10-8-14/h4-10,12,20H,3,11,13H2,1-2H3,(H,19,21). The van der Waals surface area contributed by atoms with E-state index in [4.69, 9.17) is 4.74 Å². The number of sulfonamides is 1. The highest BCUT2D eigenvalue weighted by Crippen LogP contribution is 2.14. The van der Waals surface area contributed by atoms with Gasteiger partial charge in [0.05, 0.1) is 12.9 Å². The molecule has 0 aliphatic rings. The van der Waals surface area contributed by atoms with E-state index in [1.165, 1.54) is 6.07 Å².